The Labute approximate surface area is 238 Å². The second kappa shape index (κ2) is 16.2. The zero-order valence-corrected chi connectivity index (χ0v) is 22.6. The third kappa shape index (κ3) is 11.6. The van der Waals surface area contributed by atoms with Crippen LogP contribution in [-0.4, -0.2) is 43.0 Å². The van der Waals surface area contributed by atoms with E-state index in [1.54, 1.807) is 13.8 Å². The van der Waals surface area contributed by atoms with Crippen molar-refractivity contribution in [3.05, 3.63) is 0 Å². The summed E-state index contributed by atoms with van der Waals surface area (Å²) >= 11 is 0. The van der Waals surface area contributed by atoms with E-state index in [4.69, 9.17) is 9.47 Å². The Morgan fingerprint density at radius 2 is 1.15 bits per heavy atom. The summed E-state index contributed by atoms with van der Waals surface area (Å²) in [4.78, 5) is 23.8. The molecule has 0 saturated heterocycles. The standard InChI is InChI=1S/C16H26O2.C11H19F3O3.4CH4/c1-4-15(2,3)14(17)18-16-8-11-5-12(9-16)7-13(6-11)10-16;1-5-10(3,4)9(15)17-7-6-16-8(2)11(12,13)14;;;;/h11-13H,4-10H2,1-3H3;8H,5-7H2,1-4H3;4*1H4. The van der Waals surface area contributed by atoms with Crippen LogP contribution in [0.3, 0.4) is 0 Å². The molecule has 0 radical (unpaired) electrons. The number of hydrogen-bond acceptors (Lipinski definition) is 5. The van der Waals surface area contributed by atoms with Crippen LogP contribution in [-0.2, 0) is 23.8 Å². The van der Waals surface area contributed by atoms with Crippen molar-refractivity contribution in [1.82, 2.24) is 0 Å². The fourth-order valence-electron chi connectivity index (χ4n) is 5.43. The van der Waals surface area contributed by atoms with Gasteiger partial charge in [-0.3, -0.25) is 9.59 Å². The lowest BCUT2D eigenvalue weighted by Gasteiger charge is -2.56. The van der Waals surface area contributed by atoms with Crippen molar-refractivity contribution in [3.63, 3.8) is 0 Å². The lowest BCUT2D eigenvalue weighted by molar-refractivity contribution is -0.216. The summed E-state index contributed by atoms with van der Waals surface area (Å²) in [5.74, 6) is 2.13. The van der Waals surface area contributed by atoms with Gasteiger partial charge >= 0.3 is 18.1 Å². The van der Waals surface area contributed by atoms with Crippen molar-refractivity contribution in [2.75, 3.05) is 13.2 Å². The maximum atomic E-state index is 12.4. The molecule has 0 aliphatic heterocycles. The first-order valence-corrected chi connectivity index (χ1v) is 13.1. The van der Waals surface area contributed by atoms with Gasteiger partial charge in [0.05, 0.1) is 17.4 Å². The molecule has 0 aromatic carbocycles. The second-order valence-corrected chi connectivity index (χ2v) is 12.2. The number of carbonyl (C=O) groups is 2. The Morgan fingerprint density at radius 3 is 1.51 bits per heavy atom. The molecule has 1 atom stereocenters. The normalized spacial score (nSPS) is 25.7. The summed E-state index contributed by atoms with van der Waals surface area (Å²) in [6, 6.07) is 0. The van der Waals surface area contributed by atoms with E-state index in [1.807, 2.05) is 20.8 Å². The highest BCUT2D eigenvalue weighted by molar-refractivity contribution is 5.76. The number of esters is 2. The van der Waals surface area contributed by atoms with E-state index < -0.39 is 23.7 Å². The van der Waals surface area contributed by atoms with Crippen LogP contribution < -0.4 is 0 Å². The van der Waals surface area contributed by atoms with Crippen LogP contribution in [0.2, 0.25) is 0 Å². The first-order chi connectivity index (χ1) is 16.0. The van der Waals surface area contributed by atoms with Crippen LogP contribution in [0.1, 0.15) is 130 Å². The molecule has 1 unspecified atom stereocenters. The summed E-state index contributed by atoms with van der Waals surface area (Å²) < 4.78 is 51.5. The van der Waals surface area contributed by atoms with Crippen LogP contribution in [0.25, 0.3) is 0 Å². The van der Waals surface area contributed by atoms with Gasteiger partial charge in [0, 0.05) is 0 Å². The number of carbonyl (C=O) groups excluding carboxylic acids is 2. The van der Waals surface area contributed by atoms with Gasteiger partial charge in [0.25, 0.3) is 0 Å². The highest BCUT2D eigenvalue weighted by atomic mass is 19.4. The minimum absolute atomic E-state index is 0. The lowest BCUT2D eigenvalue weighted by Crippen LogP contribution is -2.53. The predicted molar refractivity (Wildman–Crippen MR) is 154 cm³/mol. The summed E-state index contributed by atoms with van der Waals surface area (Å²) in [5, 5.41) is 0. The Balaban J connectivity index is -0.000000605. The molecule has 0 aromatic rings. The first kappa shape index (κ1) is 42.2. The van der Waals surface area contributed by atoms with E-state index >= 15 is 0 Å². The van der Waals surface area contributed by atoms with Gasteiger partial charge in [-0.25, -0.2) is 0 Å². The van der Waals surface area contributed by atoms with Crippen LogP contribution in [0.5, 0.6) is 0 Å². The van der Waals surface area contributed by atoms with Crippen molar-refractivity contribution in [2.45, 2.75) is 147 Å². The Morgan fingerprint density at radius 1 is 0.769 bits per heavy atom. The van der Waals surface area contributed by atoms with Gasteiger partial charge in [-0.05, 0) is 104 Å². The molecule has 8 heteroatoms. The molecular weight excluding hydrogens is 509 g/mol. The summed E-state index contributed by atoms with van der Waals surface area (Å²) in [5.41, 5.74) is -1.00. The summed E-state index contributed by atoms with van der Waals surface area (Å²) in [7, 11) is 0. The molecule has 4 aliphatic rings. The molecule has 39 heavy (non-hydrogen) atoms. The lowest BCUT2D eigenvalue weighted by atomic mass is 9.54. The highest BCUT2D eigenvalue weighted by Gasteiger charge is 2.54. The summed E-state index contributed by atoms with van der Waals surface area (Å²) in [6.45, 7) is 11.9. The van der Waals surface area contributed by atoms with Gasteiger partial charge in [-0.2, -0.15) is 13.2 Å². The molecule has 4 bridgehead atoms. The summed E-state index contributed by atoms with van der Waals surface area (Å²) in [6.07, 6.45) is 2.85. The minimum Gasteiger partial charge on any atom is -0.463 e. The quantitative estimate of drug-likeness (QED) is 0.204. The molecule has 0 N–H and O–H groups in total. The maximum Gasteiger partial charge on any atom is 0.414 e. The molecule has 0 spiro atoms. The van der Waals surface area contributed by atoms with Crippen molar-refractivity contribution in [2.24, 2.45) is 28.6 Å². The average Bonchev–Trinajstić information content (AvgIpc) is 2.74. The van der Waals surface area contributed by atoms with Crippen molar-refractivity contribution in [1.29, 1.82) is 0 Å². The van der Waals surface area contributed by atoms with Crippen molar-refractivity contribution >= 4 is 11.9 Å². The molecule has 4 saturated carbocycles. The third-order valence-corrected chi connectivity index (χ3v) is 8.31. The molecule has 5 nitrogen and oxygen atoms in total. The van der Waals surface area contributed by atoms with Gasteiger partial charge in [-0.15, -0.1) is 0 Å². The molecule has 236 valence electrons. The van der Waals surface area contributed by atoms with Crippen LogP contribution >= 0.6 is 0 Å². The topological polar surface area (TPSA) is 61.8 Å². The maximum absolute atomic E-state index is 12.4. The molecule has 0 aromatic heterocycles. The number of rotatable bonds is 9. The smallest absolute Gasteiger partial charge is 0.414 e. The molecule has 0 heterocycles. The van der Waals surface area contributed by atoms with E-state index in [0.29, 0.717) is 6.42 Å². The van der Waals surface area contributed by atoms with Crippen LogP contribution in [0.4, 0.5) is 13.2 Å². The van der Waals surface area contributed by atoms with Gasteiger partial charge in [0.2, 0.25) is 0 Å². The zero-order chi connectivity index (χ0) is 26.7. The van der Waals surface area contributed by atoms with E-state index in [0.717, 1.165) is 50.4 Å². The number of alkyl halides is 3. The van der Waals surface area contributed by atoms with E-state index in [2.05, 4.69) is 11.7 Å². The van der Waals surface area contributed by atoms with E-state index in [1.165, 1.54) is 19.3 Å². The third-order valence-electron chi connectivity index (χ3n) is 8.31. The predicted octanol–water partition coefficient (Wildman–Crippen LogP) is 9.41. The Kier molecular flexibility index (Phi) is 17.5. The number of halogens is 3. The zero-order valence-electron chi connectivity index (χ0n) is 22.6. The number of hydrogen-bond donors (Lipinski definition) is 0. The van der Waals surface area contributed by atoms with Gasteiger partial charge in [0.1, 0.15) is 12.2 Å². The first-order valence-electron chi connectivity index (χ1n) is 13.1. The molecular formula is C31H61F3O5. The Hall–Kier alpha value is -1.31. The van der Waals surface area contributed by atoms with Crippen molar-refractivity contribution < 1.29 is 37.0 Å². The van der Waals surface area contributed by atoms with Crippen LogP contribution in [0.15, 0.2) is 0 Å². The van der Waals surface area contributed by atoms with Gasteiger partial charge < -0.3 is 14.2 Å². The molecule has 4 aliphatic carbocycles. The van der Waals surface area contributed by atoms with E-state index in [9.17, 15) is 22.8 Å². The number of ether oxygens (including phenoxy) is 3. The average molecular weight is 571 g/mol. The van der Waals surface area contributed by atoms with Gasteiger partial charge in [0.15, 0.2) is 6.10 Å². The monoisotopic (exact) mass is 570 g/mol. The van der Waals surface area contributed by atoms with E-state index in [-0.39, 0.29) is 59.9 Å². The fourth-order valence-corrected chi connectivity index (χ4v) is 5.43. The second-order valence-electron chi connectivity index (χ2n) is 12.2. The van der Waals surface area contributed by atoms with Crippen LogP contribution in [0, 0.1) is 28.6 Å². The molecule has 0 amide bonds. The minimum atomic E-state index is -4.38. The largest absolute Gasteiger partial charge is 0.463 e. The Bertz CT molecular complexity index is 695. The van der Waals surface area contributed by atoms with Gasteiger partial charge in [-0.1, -0.05) is 43.6 Å². The fraction of sp³-hybridized carbons (Fsp3) is 0.935. The molecule has 4 fully saturated rings. The SMILES string of the molecule is C.C.C.C.CCC(C)(C)C(=O)OC12CC3CC(CC(C3)C1)C2.CCC(C)(C)C(=O)OCCOC(C)C(F)(F)F. The highest BCUT2D eigenvalue weighted by Crippen LogP contribution is 2.57. The van der Waals surface area contributed by atoms with Crippen molar-refractivity contribution in [3.8, 4) is 0 Å². The molecule has 4 rings (SSSR count).